The van der Waals surface area contributed by atoms with E-state index < -0.39 is 0 Å². The highest BCUT2D eigenvalue weighted by atomic mass is 16.5. The maximum atomic E-state index is 12.7. The topological polar surface area (TPSA) is 76.4 Å². The Labute approximate surface area is 147 Å². The summed E-state index contributed by atoms with van der Waals surface area (Å²) in [4.78, 5) is 20.6. The summed E-state index contributed by atoms with van der Waals surface area (Å²) in [5, 5.41) is 8.47. The summed E-state index contributed by atoms with van der Waals surface area (Å²) in [5.74, 6) is 0.0107. The number of aromatic nitrogens is 4. The molecule has 8 heteroatoms. The molecule has 25 heavy (non-hydrogen) atoms. The van der Waals surface area contributed by atoms with Crippen LogP contribution in [0.3, 0.4) is 0 Å². The van der Waals surface area contributed by atoms with Crippen LogP contribution in [0, 0.1) is 0 Å². The van der Waals surface area contributed by atoms with E-state index in [4.69, 9.17) is 4.74 Å². The molecule has 134 valence electrons. The third kappa shape index (κ3) is 4.40. The number of carbonyl (C=O) groups is 1. The first-order valence-electron chi connectivity index (χ1n) is 8.48. The van der Waals surface area contributed by atoms with Crippen LogP contribution in [-0.2, 0) is 24.4 Å². The zero-order valence-corrected chi connectivity index (χ0v) is 14.8. The zero-order valence-electron chi connectivity index (χ0n) is 14.8. The van der Waals surface area contributed by atoms with Gasteiger partial charge >= 0.3 is 0 Å². The van der Waals surface area contributed by atoms with Crippen LogP contribution in [0.1, 0.15) is 28.2 Å². The molecule has 0 N–H and O–H groups in total. The molecule has 0 radical (unpaired) electrons. The predicted octanol–water partition coefficient (Wildman–Crippen LogP) is 0.797. The molecule has 1 amide bonds. The predicted molar refractivity (Wildman–Crippen MR) is 91.8 cm³/mol. The quantitative estimate of drug-likeness (QED) is 0.722. The summed E-state index contributed by atoms with van der Waals surface area (Å²) in [7, 11) is 4.02. The molecule has 0 atom stereocenters. The molecule has 3 rings (SSSR count). The van der Waals surface area contributed by atoms with Crippen molar-refractivity contribution in [3.8, 4) is 0 Å². The van der Waals surface area contributed by atoms with Gasteiger partial charge in [-0.15, -0.1) is 5.10 Å². The van der Waals surface area contributed by atoms with E-state index >= 15 is 0 Å². The Hall–Kier alpha value is -2.32. The lowest BCUT2D eigenvalue weighted by molar-refractivity contribution is 0.0740. The van der Waals surface area contributed by atoms with E-state index in [-0.39, 0.29) is 5.91 Å². The van der Waals surface area contributed by atoms with Gasteiger partial charge in [0.05, 0.1) is 25.5 Å². The van der Waals surface area contributed by atoms with Crippen LogP contribution in [-0.4, -0.2) is 69.5 Å². The summed E-state index contributed by atoms with van der Waals surface area (Å²) in [6, 6.07) is 3.49. The minimum Gasteiger partial charge on any atom is -0.374 e. The van der Waals surface area contributed by atoms with Crippen LogP contribution >= 0.6 is 0 Å². The molecular weight excluding hydrogens is 320 g/mol. The smallest absolute Gasteiger partial charge is 0.254 e. The number of hydrogen-bond donors (Lipinski definition) is 0. The Balaban J connectivity index is 1.69. The van der Waals surface area contributed by atoms with Crippen molar-refractivity contribution in [1.82, 2.24) is 29.8 Å². The van der Waals surface area contributed by atoms with Gasteiger partial charge in [-0.2, -0.15) is 0 Å². The Bertz CT molecular complexity index is 700. The van der Waals surface area contributed by atoms with E-state index in [2.05, 4.69) is 20.2 Å². The zero-order chi connectivity index (χ0) is 17.6. The summed E-state index contributed by atoms with van der Waals surface area (Å²) in [6.07, 6.45) is 4.13. The highest BCUT2D eigenvalue weighted by molar-refractivity contribution is 5.94. The second-order valence-corrected chi connectivity index (χ2v) is 6.38. The number of fused-ring (bicyclic) bond motifs is 1. The number of amides is 1. The molecule has 0 aromatic carbocycles. The molecule has 0 saturated carbocycles. The van der Waals surface area contributed by atoms with Crippen LogP contribution in [0.5, 0.6) is 0 Å². The third-order valence-electron chi connectivity index (χ3n) is 4.19. The van der Waals surface area contributed by atoms with E-state index in [0.717, 1.165) is 30.9 Å². The standard InChI is InChI=1S/C17H24N6O2/c1-21(2)10-11-25-13-15-16-12-22(8-3-9-23(16)20-19-15)17(24)14-4-6-18-7-5-14/h4-7H,3,8-13H2,1-2H3. The highest BCUT2D eigenvalue weighted by Gasteiger charge is 2.24. The average molecular weight is 344 g/mol. The highest BCUT2D eigenvalue weighted by Crippen LogP contribution is 2.17. The van der Waals surface area contributed by atoms with Crippen molar-refractivity contribution >= 4 is 5.91 Å². The van der Waals surface area contributed by atoms with Crippen molar-refractivity contribution in [3.05, 3.63) is 41.5 Å². The molecule has 0 bridgehead atoms. The molecule has 1 aliphatic rings. The van der Waals surface area contributed by atoms with Crippen molar-refractivity contribution in [1.29, 1.82) is 0 Å². The molecule has 1 aliphatic heterocycles. The summed E-state index contributed by atoms with van der Waals surface area (Å²) in [5.41, 5.74) is 2.43. The third-order valence-corrected chi connectivity index (χ3v) is 4.19. The molecular formula is C17H24N6O2. The molecule has 8 nitrogen and oxygen atoms in total. The summed E-state index contributed by atoms with van der Waals surface area (Å²) >= 11 is 0. The largest absolute Gasteiger partial charge is 0.374 e. The maximum Gasteiger partial charge on any atom is 0.254 e. The minimum atomic E-state index is 0.0107. The van der Waals surface area contributed by atoms with Crippen molar-refractivity contribution in [2.24, 2.45) is 0 Å². The molecule has 0 aliphatic carbocycles. The van der Waals surface area contributed by atoms with Gasteiger partial charge in [0.25, 0.3) is 5.91 Å². The van der Waals surface area contributed by atoms with Gasteiger partial charge in [0.2, 0.25) is 0 Å². The fraction of sp³-hybridized carbons (Fsp3) is 0.529. The van der Waals surface area contributed by atoms with Gasteiger partial charge in [-0.05, 0) is 32.6 Å². The van der Waals surface area contributed by atoms with Crippen LogP contribution in [0.2, 0.25) is 0 Å². The first-order chi connectivity index (χ1) is 12.1. The lowest BCUT2D eigenvalue weighted by Crippen LogP contribution is -2.31. The van der Waals surface area contributed by atoms with E-state index in [1.54, 1.807) is 24.5 Å². The van der Waals surface area contributed by atoms with Crippen LogP contribution in [0.4, 0.5) is 0 Å². The maximum absolute atomic E-state index is 12.7. The SMILES string of the molecule is CN(C)CCOCc1nnn2c1CN(C(=O)c1ccncc1)CCC2. The second kappa shape index (κ2) is 8.17. The fourth-order valence-corrected chi connectivity index (χ4v) is 2.77. The summed E-state index contributed by atoms with van der Waals surface area (Å²) in [6.45, 7) is 3.88. The number of hydrogen-bond acceptors (Lipinski definition) is 6. The Morgan fingerprint density at radius 2 is 2.08 bits per heavy atom. The number of aryl methyl sites for hydroxylation is 1. The van der Waals surface area contributed by atoms with Gasteiger partial charge in [-0.1, -0.05) is 5.21 Å². The molecule has 0 fully saturated rings. The van der Waals surface area contributed by atoms with Crippen molar-refractivity contribution in [3.63, 3.8) is 0 Å². The van der Waals surface area contributed by atoms with Gasteiger partial charge in [0, 0.05) is 37.6 Å². The van der Waals surface area contributed by atoms with Crippen LogP contribution in [0.25, 0.3) is 0 Å². The van der Waals surface area contributed by atoms with Crippen molar-refractivity contribution < 1.29 is 9.53 Å². The molecule has 2 aromatic rings. The van der Waals surface area contributed by atoms with E-state index in [0.29, 0.717) is 31.9 Å². The van der Waals surface area contributed by atoms with Crippen molar-refractivity contribution in [2.75, 3.05) is 33.8 Å². The number of pyridine rings is 1. The molecule has 0 saturated heterocycles. The molecule has 0 spiro atoms. The van der Waals surface area contributed by atoms with Crippen LogP contribution < -0.4 is 0 Å². The van der Waals surface area contributed by atoms with Gasteiger partial charge in [-0.25, -0.2) is 4.68 Å². The number of likely N-dealkylation sites (N-methyl/N-ethyl adjacent to an activating group) is 1. The first-order valence-corrected chi connectivity index (χ1v) is 8.48. The number of ether oxygens (including phenoxy) is 1. The van der Waals surface area contributed by atoms with Gasteiger partial charge in [0.1, 0.15) is 5.69 Å². The van der Waals surface area contributed by atoms with E-state index in [9.17, 15) is 4.79 Å². The monoisotopic (exact) mass is 344 g/mol. The van der Waals surface area contributed by atoms with Crippen molar-refractivity contribution in [2.45, 2.75) is 26.1 Å². The van der Waals surface area contributed by atoms with Crippen LogP contribution in [0.15, 0.2) is 24.5 Å². The fourth-order valence-electron chi connectivity index (χ4n) is 2.77. The minimum absolute atomic E-state index is 0.0107. The normalized spacial score (nSPS) is 14.4. The molecule has 2 aromatic heterocycles. The number of carbonyl (C=O) groups excluding carboxylic acids is 1. The van der Waals surface area contributed by atoms with E-state index in [1.807, 2.05) is 23.7 Å². The Kier molecular flexibility index (Phi) is 5.72. The second-order valence-electron chi connectivity index (χ2n) is 6.38. The lowest BCUT2D eigenvalue weighted by Gasteiger charge is -2.20. The van der Waals surface area contributed by atoms with Gasteiger partial charge in [0.15, 0.2) is 0 Å². The van der Waals surface area contributed by atoms with Gasteiger partial charge < -0.3 is 14.5 Å². The average Bonchev–Trinajstić information content (AvgIpc) is 2.86. The van der Waals surface area contributed by atoms with Gasteiger partial charge in [-0.3, -0.25) is 9.78 Å². The first kappa shape index (κ1) is 17.5. The molecule has 3 heterocycles. The number of nitrogens with zero attached hydrogens (tertiary/aromatic N) is 6. The summed E-state index contributed by atoms with van der Waals surface area (Å²) < 4.78 is 7.60. The Morgan fingerprint density at radius 3 is 2.84 bits per heavy atom. The van der Waals surface area contributed by atoms with E-state index in [1.165, 1.54) is 0 Å². The molecule has 0 unspecified atom stereocenters. The lowest BCUT2D eigenvalue weighted by atomic mass is 10.2. The number of rotatable bonds is 6. The Morgan fingerprint density at radius 1 is 1.28 bits per heavy atom.